The quantitative estimate of drug-likeness (QED) is 0.938. The minimum Gasteiger partial charge on any atom is -0.476 e. The summed E-state index contributed by atoms with van der Waals surface area (Å²) in [6.45, 7) is 1.96. The standard InChI is InChI=1S/C14H14ClN3O2/c1-9(10-3-5-11(15)6-4-10)18(2)13-12(14(19)20)16-7-8-17-13/h3-9H,1-2H3,(H,19,20). The molecular weight excluding hydrogens is 278 g/mol. The molecule has 1 atom stereocenters. The highest BCUT2D eigenvalue weighted by molar-refractivity contribution is 6.30. The van der Waals surface area contributed by atoms with Gasteiger partial charge in [0, 0.05) is 24.5 Å². The second-order valence-corrected chi connectivity index (χ2v) is 4.81. The van der Waals surface area contributed by atoms with Gasteiger partial charge in [-0.3, -0.25) is 0 Å². The maximum atomic E-state index is 11.2. The Kier molecular flexibility index (Phi) is 4.20. The molecule has 0 radical (unpaired) electrons. The van der Waals surface area contributed by atoms with Crippen LogP contribution in [0.3, 0.4) is 0 Å². The second-order valence-electron chi connectivity index (χ2n) is 4.37. The first-order valence-electron chi connectivity index (χ1n) is 6.03. The van der Waals surface area contributed by atoms with Gasteiger partial charge in [0.1, 0.15) is 0 Å². The Morgan fingerprint density at radius 3 is 2.45 bits per heavy atom. The van der Waals surface area contributed by atoms with E-state index in [4.69, 9.17) is 16.7 Å². The van der Waals surface area contributed by atoms with Crippen LogP contribution in [0.5, 0.6) is 0 Å². The number of rotatable bonds is 4. The number of carboxylic acids is 1. The lowest BCUT2D eigenvalue weighted by Crippen LogP contribution is -2.25. The predicted molar refractivity (Wildman–Crippen MR) is 77.3 cm³/mol. The fourth-order valence-electron chi connectivity index (χ4n) is 1.89. The first kappa shape index (κ1) is 14.3. The van der Waals surface area contributed by atoms with Crippen LogP contribution in [-0.2, 0) is 0 Å². The van der Waals surface area contributed by atoms with Gasteiger partial charge in [-0.15, -0.1) is 0 Å². The van der Waals surface area contributed by atoms with Crippen LogP contribution in [0, 0.1) is 0 Å². The van der Waals surface area contributed by atoms with Gasteiger partial charge in [-0.2, -0.15) is 0 Å². The molecule has 0 aliphatic carbocycles. The number of aromatic carboxylic acids is 1. The molecule has 6 heteroatoms. The largest absolute Gasteiger partial charge is 0.476 e. The van der Waals surface area contributed by atoms with E-state index in [0.29, 0.717) is 10.8 Å². The zero-order valence-electron chi connectivity index (χ0n) is 11.1. The van der Waals surface area contributed by atoms with Gasteiger partial charge in [-0.05, 0) is 24.6 Å². The molecule has 1 heterocycles. The Hall–Kier alpha value is -2.14. The third kappa shape index (κ3) is 2.88. The van der Waals surface area contributed by atoms with Crippen LogP contribution in [0.25, 0.3) is 0 Å². The fourth-order valence-corrected chi connectivity index (χ4v) is 2.01. The number of carboxylic acid groups (broad SMARTS) is 1. The first-order valence-corrected chi connectivity index (χ1v) is 6.41. The van der Waals surface area contributed by atoms with Crippen molar-refractivity contribution in [3.05, 3.63) is 52.9 Å². The molecule has 1 aromatic carbocycles. The van der Waals surface area contributed by atoms with Crippen molar-refractivity contribution in [2.75, 3.05) is 11.9 Å². The summed E-state index contributed by atoms with van der Waals surface area (Å²) >= 11 is 5.87. The van der Waals surface area contributed by atoms with Gasteiger partial charge >= 0.3 is 5.97 Å². The number of anilines is 1. The smallest absolute Gasteiger partial charge is 0.358 e. The Bertz CT molecular complexity index is 616. The van der Waals surface area contributed by atoms with Gasteiger partial charge < -0.3 is 10.0 Å². The highest BCUT2D eigenvalue weighted by atomic mass is 35.5. The van der Waals surface area contributed by atoms with Crippen molar-refractivity contribution in [1.29, 1.82) is 0 Å². The molecule has 2 rings (SSSR count). The van der Waals surface area contributed by atoms with Gasteiger partial charge in [-0.1, -0.05) is 23.7 Å². The molecule has 1 aromatic heterocycles. The molecule has 0 saturated heterocycles. The fraction of sp³-hybridized carbons (Fsp3) is 0.214. The highest BCUT2D eigenvalue weighted by Gasteiger charge is 2.20. The molecule has 0 aliphatic rings. The molecule has 1 unspecified atom stereocenters. The maximum absolute atomic E-state index is 11.2. The molecular formula is C14H14ClN3O2. The number of hydrogen-bond acceptors (Lipinski definition) is 4. The molecule has 0 spiro atoms. The van der Waals surface area contributed by atoms with E-state index in [1.165, 1.54) is 12.4 Å². The number of halogens is 1. The molecule has 0 aliphatic heterocycles. The molecule has 0 amide bonds. The zero-order valence-corrected chi connectivity index (χ0v) is 11.9. The number of hydrogen-bond donors (Lipinski definition) is 1. The van der Waals surface area contributed by atoms with E-state index in [1.807, 2.05) is 19.1 Å². The van der Waals surface area contributed by atoms with E-state index >= 15 is 0 Å². The van der Waals surface area contributed by atoms with Gasteiger partial charge in [-0.25, -0.2) is 14.8 Å². The third-order valence-corrected chi connectivity index (χ3v) is 3.40. The molecule has 0 saturated carbocycles. The van der Waals surface area contributed by atoms with Crippen LogP contribution >= 0.6 is 11.6 Å². The summed E-state index contributed by atoms with van der Waals surface area (Å²) in [4.78, 5) is 20.9. The van der Waals surface area contributed by atoms with Crippen molar-refractivity contribution < 1.29 is 9.90 Å². The lowest BCUT2D eigenvalue weighted by molar-refractivity contribution is 0.0690. The lowest BCUT2D eigenvalue weighted by Gasteiger charge is -2.26. The predicted octanol–water partition coefficient (Wildman–Crippen LogP) is 3.03. The summed E-state index contributed by atoms with van der Waals surface area (Å²) in [6.07, 6.45) is 2.85. The summed E-state index contributed by atoms with van der Waals surface area (Å²) in [7, 11) is 1.79. The molecule has 5 nitrogen and oxygen atoms in total. The van der Waals surface area contributed by atoms with Crippen LogP contribution in [0.4, 0.5) is 5.82 Å². The number of benzene rings is 1. The van der Waals surface area contributed by atoms with Crippen molar-refractivity contribution in [2.45, 2.75) is 13.0 Å². The number of nitrogens with zero attached hydrogens (tertiary/aromatic N) is 3. The van der Waals surface area contributed by atoms with Crippen molar-refractivity contribution in [3.63, 3.8) is 0 Å². The Balaban J connectivity index is 2.33. The van der Waals surface area contributed by atoms with Crippen LogP contribution in [0.2, 0.25) is 5.02 Å². The Morgan fingerprint density at radius 2 is 1.85 bits per heavy atom. The molecule has 104 valence electrons. The SMILES string of the molecule is CC(c1ccc(Cl)cc1)N(C)c1nccnc1C(=O)O. The van der Waals surface area contributed by atoms with Crippen molar-refractivity contribution >= 4 is 23.4 Å². The van der Waals surface area contributed by atoms with Crippen LogP contribution in [-0.4, -0.2) is 28.1 Å². The lowest BCUT2D eigenvalue weighted by atomic mass is 10.1. The highest BCUT2D eigenvalue weighted by Crippen LogP contribution is 2.26. The topological polar surface area (TPSA) is 66.3 Å². The van der Waals surface area contributed by atoms with E-state index in [9.17, 15) is 4.79 Å². The Morgan fingerprint density at radius 1 is 1.25 bits per heavy atom. The number of carbonyl (C=O) groups is 1. The third-order valence-electron chi connectivity index (χ3n) is 3.15. The molecule has 2 aromatic rings. The Labute approximate surface area is 121 Å². The van der Waals surface area contributed by atoms with Gasteiger partial charge in [0.2, 0.25) is 0 Å². The van der Waals surface area contributed by atoms with Crippen molar-refractivity contribution in [2.24, 2.45) is 0 Å². The summed E-state index contributed by atoms with van der Waals surface area (Å²) in [5.41, 5.74) is 0.953. The van der Waals surface area contributed by atoms with E-state index in [1.54, 1.807) is 24.1 Å². The number of aromatic nitrogens is 2. The molecule has 1 N–H and O–H groups in total. The summed E-state index contributed by atoms with van der Waals surface area (Å²) in [5, 5.41) is 9.82. The van der Waals surface area contributed by atoms with Crippen LogP contribution < -0.4 is 4.90 Å². The average Bonchev–Trinajstić information content (AvgIpc) is 2.46. The van der Waals surface area contributed by atoms with E-state index in [0.717, 1.165) is 5.56 Å². The minimum absolute atomic E-state index is 0.0536. The molecule has 0 fully saturated rings. The normalized spacial score (nSPS) is 11.9. The van der Waals surface area contributed by atoms with Crippen molar-refractivity contribution in [3.8, 4) is 0 Å². The van der Waals surface area contributed by atoms with Crippen LogP contribution in [0.1, 0.15) is 29.0 Å². The molecule has 0 bridgehead atoms. The zero-order chi connectivity index (χ0) is 14.7. The first-order chi connectivity index (χ1) is 9.50. The van der Waals surface area contributed by atoms with E-state index in [2.05, 4.69) is 9.97 Å². The molecule has 20 heavy (non-hydrogen) atoms. The summed E-state index contributed by atoms with van der Waals surface area (Å²) in [6, 6.07) is 7.36. The van der Waals surface area contributed by atoms with Crippen LogP contribution in [0.15, 0.2) is 36.7 Å². The minimum atomic E-state index is -1.09. The summed E-state index contributed by atoms with van der Waals surface area (Å²) in [5.74, 6) is -0.759. The van der Waals surface area contributed by atoms with Gasteiger partial charge in [0.25, 0.3) is 0 Å². The maximum Gasteiger partial charge on any atom is 0.358 e. The van der Waals surface area contributed by atoms with E-state index in [-0.39, 0.29) is 11.7 Å². The van der Waals surface area contributed by atoms with Gasteiger partial charge in [0.05, 0.1) is 6.04 Å². The van der Waals surface area contributed by atoms with E-state index < -0.39 is 5.97 Å². The van der Waals surface area contributed by atoms with Crippen molar-refractivity contribution in [1.82, 2.24) is 9.97 Å². The second kappa shape index (κ2) is 5.88. The average molecular weight is 292 g/mol. The summed E-state index contributed by atoms with van der Waals surface area (Å²) < 4.78 is 0. The van der Waals surface area contributed by atoms with Gasteiger partial charge in [0.15, 0.2) is 11.5 Å². The monoisotopic (exact) mass is 291 g/mol.